The van der Waals surface area contributed by atoms with Gasteiger partial charge in [-0.3, -0.25) is 14.0 Å². The van der Waals surface area contributed by atoms with Crippen LogP contribution in [0.5, 0.6) is 5.88 Å². The Morgan fingerprint density at radius 3 is 2.72 bits per heavy atom. The molecule has 2 N–H and O–H groups in total. The Bertz CT molecular complexity index is 812. The summed E-state index contributed by atoms with van der Waals surface area (Å²) in [5.74, 6) is -0.907. The van der Waals surface area contributed by atoms with E-state index in [-0.39, 0.29) is 11.5 Å². The van der Waals surface area contributed by atoms with Gasteiger partial charge in [0.05, 0.1) is 0 Å². The van der Waals surface area contributed by atoms with E-state index in [2.05, 4.69) is 29.0 Å². The summed E-state index contributed by atoms with van der Waals surface area (Å²) in [4.78, 5) is 31.2. The third-order valence-electron chi connectivity index (χ3n) is 4.33. The van der Waals surface area contributed by atoms with E-state index in [0.717, 1.165) is 25.2 Å². The zero-order valence-electron chi connectivity index (χ0n) is 15.2. The van der Waals surface area contributed by atoms with Crippen LogP contribution in [-0.4, -0.2) is 51.5 Å². The molecule has 0 saturated heterocycles. The van der Waals surface area contributed by atoms with E-state index >= 15 is 0 Å². The van der Waals surface area contributed by atoms with E-state index in [4.69, 9.17) is 0 Å². The van der Waals surface area contributed by atoms with E-state index in [1.165, 1.54) is 10.6 Å². The predicted molar refractivity (Wildman–Crippen MR) is 97.1 cm³/mol. The zero-order valence-corrected chi connectivity index (χ0v) is 15.2. The number of rotatable bonds is 7. The maximum atomic E-state index is 12.6. The lowest BCUT2D eigenvalue weighted by molar-refractivity contribution is 0.0939. The van der Waals surface area contributed by atoms with E-state index < -0.39 is 17.3 Å². The van der Waals surface area contributed by atoms with Crippen molar-refractivity contribution in [2.45, 2.75) is 27.7 Å². The molecule has 2 aromatic rings. The first kappa shape index (κ1) is 18.9. The highest BCUT2D eigenvalue weighted by Crippen LogP contribution is 2.13. The van der Waals surface area contributed by atoms with Crippen LogP contribution in [-0.2, 0) is 0 Å². The van der Waals surface area contributed by atoms with Gasteiger partial charge in [-0.1, -0.05) is 26.8 Å². The molecule has 1 atom stereocenters. The van der Waals surface area contributed by atoms with Crippen LogP contribution in [0.2, 0.25) is 0 Å². The molecule has 0 aliphatic heterocycles. The quantitative estimate of drug-likeness (QED) is 0.792. The fourth-order valence-electron chi connectivity index (χ4n) is 2.83. The number of aryl methyl sites for hydroxylation is 1. The predicted octanol–water partition coefficient (Wildman–Crippen LogP) is 1.42. The SMILES string of the molecule is CCN(CC)C[C@@H](C)CNC(=O)c1c(O)nc2c(C)cccn2c1=O. The summed E-state index contributed by atoms with van der Waals surface area (Å²) >= 11 is 0. The molecular weight excluding hydrogens is 320 g/mol. The number of pyridine rings is 1. The summed E-state index contributed by atoms with van der Waals surface area (Å²) in [7, 11) is 0. The first-order chi connectivity index (χ1) is 11.9. The molecule has 0 aliphatic rings. The Hall–Kier alpha value is -2.41. The van der Waals surface area contributed by atoms with Crippen LogP contribution >= 0.6 is 0 Å². The molecule has 0 spiro atoms. The summed E-state index contributed by atoms with van der Waals surface area (Å²) in [6.45, 7) is 11.2. The number of fused-ring (bicyclic) bond motifs is 1. The second kappa shape index (κ2) is 8.11. The van der Waals surface area contributed by atoms with Gasteiger partial charge in [0.15, 0.2) is 5.56 Å². The Morgan fingerprint density at radius 2 is 2.08 bits per heavy atom. The largest absolute Gasteiger partial charge is 0.493 e. The van der Waals surface area contributed by atoms with Crippen molar-refractivity contribution in [1.29, 1.82) is 0 Å². The van der Waals surface area contributed by atoms with Crippen LogP contribution in [0.25, 0.3) is 5.65 Å². The van der Waals surface area contributed by atoms with E-state index in [1.807, 2.05) is 6.92 Å². The van der Waals surface area contributed by atoms with Crippen molar-refractivity contribution in [3.8, 4) is 5.88 Å². The minimum atomic E-state index is -0.600. The summed E-state index contributed by atoms with van der Waals surface area (Å²) in [6.07, 6.45) is 1.54. The molecule has 7 heteroatoms. The van der Waals surface area contributed by atoms with Crippen molar-refractivity contribution in [3.05, 3.63) is 39.8 Å². The highest BCUT2D eigenvalue weighted by molar-refractivity contribution is 5.96. The average Bonchev–Trinajstić information content (AvgIpc) is 2.59. The van der Waals surface area contributed by atoms with E-state index in [9.17, 15) is 14.7 Å². The van der Waals surface area contributed by atoms with Crippen molar-refractivity contribution >= 4 is 11.6 Å². The maximum Gasteiger partial charge on any atom is 0.274 e. The molecule has 0 fully saturated rings. The number of hydrogen-bond donors (Lipinski definition) is 2. The Morgan fingerprint density at radius 1 is 1.40 bits per heavy atom. The minimum Gasteiger partial charge on any atom is -0.493 e. The van der Waals surface area contributed by atoms with Crippen molar-refractivity contribution in [2.24, 2.45) is 5.92 Å². The van der Waals surface area contributed by atoms with Gasteiger partial charge in [0.2, 0.25) is 5.88 Å². The number of nitrogens with one attached hydrogen (secondary N) is 1. The van der Waals surface area contributed by atoms with Crippen LogP contribution in [0.3, 0.4) is 0 Å². The first-order valence-corrected chi connectivity index (χ1v) is 8.60. The number of aromatic hydroxyl groups is 1. The van der Waals surface area contributed by atoms with Crippen molar-refractivity contribution in [2.75, 3.05) is 26.2 Å². The summed E-state index contributed by atoms with van der Waals surface area (Å²) in [6, 6.07) is 3.49. The summed E-state index contributed by atoms with van der Waals surface area (Å²) in [5, 5.41) is 12.8. The highest BCUT2D eigenvalue weighted by atomic mass is 16.3. The first-order valence-electron chi connectivity index (χ1n) is 8.60. The molecular formula is C18H26N4O3. The number of carbonyl (C=O) groups excluding carboxylic acids is 1. The van der Waals surface area contributed by atoms with Gasteiger partial charge < -0.3 is 15.3 Å². The molecule has 0 aromatic carbocycles. The second-order valence-electron chi connectivity index (χ2n) is 6.30. The average molecular weight is 346 g/mol. The Balaban J connectivity index is 2.19. The lowest BCUT2D eigenvalue weighted by Crippen LogP contribution is -2.37. The number of hydrogen-bond acceptors (Lipinski definition) is 5. The number of aromatic nitrogens is 2. The molecule has 0 bridgehead atoms. The molecule has 2 rings (SSSR count). The van der Waals surface area contributed by atoms with Gasteiger partial charge in [0.25, 0.3) is 11.5 Å². The number of nitrogens with zero attached hydrogens (tertiary/aromatic N) is 3. The van der Waals surface area contributed by atoms with Crippen LogP contribution in [0, 0.1) is 12.8 Å². The zero-order chi connectivity index (χ0) is 18.6. The third kappa shape index (κ3) is 4.17. The fraction of sp³-hybridized carbons (Fsp3) is 0.500. The van der Waals surface area contributed by atoms with Crippen molar-refractivity contribution < 1.29 is 9.90 Å². The van der Waals surface area contributed by atoms with Gasteiger partial charge in [-0.25, -0.2) is 0 Å². The standard InChI is InChI=1S/C18H26N4O3/c1-5-21(6-2)11-12(3)10-19-16(23)14-17(24)20-15-13(4)8-7-9-22(15)18(14)25/h7-9,12,24H,5-6,10-11H2,1-4H3,(H,19,23)/t12-/m0/s1. The third-order valence-corrected chi connectivity index (χ3v) is 4.33. The summed E-state index contributed by atoms with van der Waals surface area (Å²) < 4.78 is 1.28. The lowest BCUT2D eigenvalue weighted by atomic mass is 10.1. The monoisotopic (exact) mass is 346 g/mol. The van der Waals surface area contributed by atoms with E-state index in [0.29, 0.717) is 12.2 Å². The molecule has 0 aliphatic carbocycles. The Kier molecular flexibility index (Phi) is 6.14. The normalized spacial score (nSPS) is 12.5. The van der Waals surface area contributed by atoms with Gasteiger partial charge >= 0.3 is 0 Å². The van der Waals surface area contributed by atoms with E-state index in [1.54, 1.807) is 19.1 Å². The van der Waals surface area contributed by atoms with Crippen molar-refractivity contribution in [3.63, 3.8) is 0 Å². The number of amides is 1. The molecule has 0 unspecified atom stereocenters. The molecule has 0 saturated carbocycles. The van der Waals surface area contributed by atoms with Gasteiger partial charge in [-0.05, 0) is 37.6 Å². The molecule has 7 nitrogen and oxygen atoms in total. The van der Waals surface area contributed by atoms with Gasteiger partial charge in [0, 0.05) is 19.3 Å². The molecule has 0 radical (unpaired) electrons. The van der Waals surface area contributed by atoms with Crippen molar-refractivity contribution in [1.82, 2.24) is 19.6 Å². The molecule has 136 valence electrons. The fourth-order valence-corrected chi connectivity index (χ4v) is 2.83. The molecule has 1 amide bonds. The van der Waals surface area contributed by atoms with Crippen LogP contribution < -0.4 is 10.9 Å². The maximum absolute atomic E-state index is 12.6. The number of carbonyl (C=O) groups is 1. The van der Waals surface area contributed by atoms with Gasteiger partial charge in [-0.2, -0.15) is 4.98 Å². The highest BCUT2D eigenvalue weighted by Gasteiger charge is 2.20. The topological polar surface area (TPSA) is 86.9 Å². The molecule has 25 heavy (non-hydrogen) atoms. The van der Waals surface area contributed by atoms with Crippen LogP contribution in [0.1, 0.15) is 36.7 Å². The second-order valence-corrected chi connectivity index (χ2v) is 6.30. The lowest BCUT2D eigenvalue weighted by Gasteiger charge is -2.22. The minimum absolute atomic E-state index is 0.226. The smallest absolute Gasteiger partial charge is 0.274 e. The van der Waals surface area contributed by atoms with Gasteiger partial charge in [0.1, 0.15) is 5.65 Å². The summed E-state index contributed by atoms with van der Waals surface area (Å²) in [5.41, 5.74) is 0.199. The van der Waals surface area contributed by atoms with Crippen LogP contribution in [0.4, 0.5) is 0 Å². The molecule has 2 aromatic heterocycles. The molecule has 2 heterocycles. The van der Waals surface area contributed by atoms with Crippen LogP contribution in [0.15, 0.2) is 23.1 Å². The Labute approximate surface area is 147 Å². The van der Waals surface area contributed by atoms with Gasteiger partial charge in [-0.15, -0.1) is 0 Å².